The van der Waals surface area contributed by atoms with Crippen LogP contribution in [0.3, 0.4) is 0 Å². The Morgan fingerprint density at radius 1 is 1.25 bits per heavy atom. The van der Waals surface area contributed by atoms with Gasteiger partial charge >= 0.3 is 5.97 Å². The second-order valence-corrected chi connectivity index (χ2v) is 3.90. The van der Waals surface area contributed by atoms with Gasteiger partial charge in [-0.05, 0) is 19.4 Å². The summed E-state index contributed by atoms with van der Waals surface area (Å²) in [6.07, 6.45) is -0.408. The monoisotopic (exact) mass is 240 g/mol. The molecule has 0 amide bonds. The average Bonchev–Trinajstić information content (AvgIpc) is 2.28. The number of benzene rings is 1. The molecule has 0 heterocycles. The van der Waals surface area contributed by atoms with E-state index in [0.717, 1.165) is 5.56 Å². The van der Waals surface area contributed by atoms with Crippen molar-refractivity contribution in [2.24, 2.45) is 0 Å². The fourth-order valence-corrected chi connectivity index (χ4v) is 1.24. The van der Waals surface area contributed by atoms with E-state index in [1.54, 1.807) is 6.92 Å². The number of ether oxygens (including phenoxy) is 1. The third kappa shape index (κ3) is 3.35. The van der Waals surface area contributed by atoms with Crippen LogP contribution >= 0.6 is 11.6 Å². The minimum atomic E-state index is -1.22. The van der Waals surface area contributed by atoms with Crippen molar-refractivity contribution < 1.29 is 14.3 Å². The fraction of sp³-hybridized carbons (Fsp3) is 0.333. The summed E-state index contributed by atoms with van der Waals surface area (Å²) in [6, 6.07) is 9.26. The van der Waals surface area contributed by atoms with Gasteiger partial charge in [0, 0.05) is 0 Å². The first-order valence-corrected chi connectivity index (χ1v) is 5.36. The third-order valence-corrected chi connectivity index (χ3v) is 2.61. The molecule has 0 saturated carbocycles. The average molecular weight is 241 g/mol. The number of halogens is 1. The Hall–Kier alpha value is -1.35. The number of Topliss-reactive ketones (excluding diaryl/α,β-unsaturated/α-hetero) is 1. The van der Waals surface area contributed by atoms with Gasteiger partial charge in [0.15, 0.2) is 11.2 Å². The van der Waals surface area contributed by atoms with Crippen molar-refractivity contribution >= 4 is 23.4 Å². The molecule has 86 valence electrons. The zero-order valence-corrected chi connectivity index (χ0v) is 9.90. The number of alkyl halides is 1. The minimum Gasteiger partial charge on any atom is -0.456 e. The first-order chi connectivity index (χ1) is 7.52. The number of hydrogen-bond donors (Lipinski definition) is 0. The van der Waals surface area contributed by atoms with Crippen molar-refractivity contribution in [3.05, 3.63) is 35.9 Å². The molecule has 0 aliphatic heterocycles. The van der Waals surface area contributed by atoms with Crippen LogP contribution in [-0.2, 0) is 14.3 Å². The van der Waals surface area contributed by atoms with E-state index in [2.05, 4.69) is 0 Å². The Labute approximate surface area is 99.4 Å². The molecule has 0 spiro atoms. The summed E-state index contributed by atoms with van der Waals surface area (Å²) in [6.45, 7) is 2.99. The Balaban J connectivity index is 2.62. The van der Waals surface area contributed by atoms with E-state index < -0.39 is 23.2 Å². The van der Waals surface area contributed by atoms with Gasteiger partial charge in [0.2, 0.25) is 0 Å². The van der Waals surface area contributed by atoms with E-state index in [0.29, 0.717) is 0 Å². The molecular formula is C12H13ClO3. The first kappa shape index (κ1) is 12.7. The largest absolute Gasteiger partial charge is 0.456 e. The number of ketones is 1. The lowest BCUT2D eigenvalue weighted by Gasteiger charge is -2.14. The van der Waals surface area contributed by atoms with Gasteiger partial charge in [-0.25, -0.2) is 4.79 Å². The molecule has 3 nitrogen and oxygen atoms in total. The van der Waals surface area contributed by atoms with Crippen LogP contribution in [0.2, 0.25) is 0 Å². The maximum absolute atomic E-state index is 11.4. The number of carbonyl (C=O) groups excluding carboxylic acids is 2. The van der Waals surface area contributed by atoms with Crippen LogP contribution in [0, 0.1) is 0 Å². The maximum Gasteiger partial charge on any atom is 0.332 e. The zero-order valence-electron chi connectivity index (χ0n) is 9.14. The fourth-order valence-electron chi connectivity index (χ4n) is 1.19. The summed E-state index contributed by atoms with van der Waals surface area (Å²) in [4.78, 5) is 22.3. The highest BCUT2D eigenvalue weighted by atomic mass is 35.5. The molecule has 4 heteroatoms. The summed E-state index contributed by atoms with van der Waals surface area (Å²) in [5.41, 5.74) is 0.864. The normalized spacial score (nSPS) is 13.9. The van der Waals surface area contributed by atoms with Gasteiger partial charge in [-0.3, -0.25) is 4.79 Å². The second kappa shape index (κ2) is 5.66. The van der Waals surface area contributed by atoms with Gasteiger partial charge in [-0.2, -0.15) is 0 Å². The molecule has 2 atom stereocenters. The molecule has 16 heavy (non-hydrogen) atoms. The van der Waals surface area contributed by atoms with E-state index in [1.165, 1.54) is 6.92 Å². The molecular weight excluding hydrogens is 228 g/mol. The van der Waals surface area contributed by atoms with E-state index in [4.69, 9.17) is 16.3 Å². The predicted molar refractivity (Wildman–Crippen MR) is 61.3 cm³/mol. The van der Waals surface area contributed by atoms with E-state index >= 15 is 0 Å². The highest BCUT2D eigenvalue weighted by Crippen LogP contribution is 2.17. The molecule has 0 aliphatic carbocycles. The van der Waals surface area contributed by atoms with Crippen LogP contribution in [0.4, 0.5) is 0 Å². The lowest BCUT2D eigenvalue weighted by molar-refractivity contribution is -0.149. The molecule has 0 aromatic heterocycles. The van der Waals surface area contributed by atoms with Crippen LogP contribution in [-0.4, -0.2) is 17.1 Å². The highest BCUT2D eigenvalue weighted by molar-refractivity contribution is 6.40. The smallest absolute Gasteiger partial charge is 0.332 e. The summed E-state index contributed by atoms with van der Waals surface area (Å²) in [5, 5.41) is -1.22. The first-order valence-electron chi connectivity index (χ1n) is 4.92. The predicted octanol–water partition coefficient (Wildman–Crippen LogP) is 2.49. The summed E-state index contributed by atoms with van der Waals surface area (Å²) >= 11 is 5.57. The standard InChI is InChI=1S/C12H13ClO3/c1-8(14)11(13)12(15)16-9(2)10-6-4-3-5-7-10/h3-7,9,11H,1-2H3. The van der Waals surface area contributed by atoms with Crippen LogP contribution < -0.4 is 0 Å². The number of esters is 1. The Morgan fingerprint density at radius 2 is 1.81 bits per heavy atom. The molecule has 0 radical (unpaired) electrons. The van der Waals surface area contributed by atoms with Gasteiger partial charge in [0.25, 0.3) is 0 Å². The molecule has 0 bridgehead atoms. The van der Waals surface area contributed by atoms with Gasteiger partial charge in [0.1, 0.15) is 6.10 Å². The van der Waals surface area contributed by atoms with E-state index in [-0.39, 0.29) is 0 Å². The number of carbonyl (C=O) groups is 2. The molecule has 1 aromatic carbocycles. The molecule has 0 fully saturated rings. The van der Waals surface area contributed by atoms with Gasteiger partial charge in [-0.15, -0.1) is 11.6 Å². The Kier molecular flexibility index (Phi) is 4.50. The molecule has 0 N–H and O–H groups in total. The van der Waals surface area contributed by atoms with Crippen molar-refractivity contribution in [2.45, 2.75) is 25.3 Å². The van der Waals surface area contributed by atoms with Gasteiger partial charge < -0.3 is 4.74 Å². The van der Waals surface area contributed by atoms with Crippen LogP contribution in [0.5, 0.6) is 0 Å². The highest BCUT2D eigenvalue weighted by Gasteiger charge is 2.23. The minimum absolute atomic E-state index is 0.408. The molecule has 0 aliphatic rings. The Morgan fingerprint density at radius 3 is 2.31 bits per heavy atom. The molecule has 1 aromatic rings. The van der Waals surface area contributed by atoms with Crippen molar-refractivity contribution in [2.75, 3.05) is 0 Å². The second-order valence-electron chi connectivity index (χ2n) is 3.46. The van der Waals surface area contributed by atoms with Crippen molar-refractivity contribution in [1.82, 2.24) is 0 Å². The molecule has 0 saturated heterocycles. The van der Waals surface area contributed by atoms with Crippen molar-refractivity contribution in [3.8, 4) is 0 Å². The molecule has 1 rings (SSSR count). The topological polar surface area (TPSA) is 43.4 Å². The third-order valence-electron chi connectivity index (χ3n) is 2.13. The summed E-state index contributed by atoms with van der Waals surface area (Å²) < 4.78 is 5.07. The van der Waals surface area contributed by atoms with Gasteiger partial charge in [0.05, 0.1) is 0 Å². The lowest BCUT2D eigenvalue weighted by Crippen LogP contribution is -2.25. The number of rotatable bonds is 4. The quantitative estimate of drug-likeness (QED) is 0.461. The van der Waals surface area contributed by atoms with Crippen LogP contribution in [0.1, 0.15) is 25.5 Å². The molecule has 2 unspecified atom stereocenters. The summed E-state index contributed by atoms with van der Waals surface area (Å²) in [5.74, 6) is -1.11. The van der Waals surface area contributed by atoms with Crippen molar-refractivity contribution in [3.63, 3.8) is 0 Å². The zero-order chi connectivity index (χ0) is 12.1. The van der Waals surface area contributed by atoms with Crippen LogP contribution in [0.25, 0.3) is 0 Å². The van der Waals surface area contributed by atoms with Crippen molar-refractivity contribution in [1.29, 1.82) is 0 Å². The SMILES string of the molecule is CC(=O)C(Cl)C(=O)OC(C)c1ccccc1. The summed E-state index contributed by atoms with van der Waals surface area (Å²) in [7, 11) is 0. The number of hydrogen-bond acceptors (Lipinski definition) is 3. The van der Waals surface area contributed by atoms with Gasteiger partial charge in [-0.1, -0.05) is 30.3 Å². The maximum atomic E-state index is 11.4. The lowest BCUT2D eigenvalue weighted by atomic mass is 10.1. The van der Waals surface area contributed by atoms with Crippen LogP contribution in [0.15, 0.2) is 30.3 Å². The van der Waals surface area contributed by atoms with E-state index in [9.17, 15) is 9.59 Å². The van der Waals surface area contributed by atoms with E-state index in [1.807, 2.05) is 30.3 Å². The Bertz CT molecular complexity index is 375.